The molecule has 26 heteroatoms. The second-order valence-electron chi connectivity index (χ2n) is 10.7. The van der Waals surface area contributed by atoms with Gasteiger partial charge in [-0.15, -0.1) is 0 Å². The van der Waals surface area contributed by atoms with E-state index >= 15 is 0 Å². The number of H-pyrrole nitrogens is 1. The average molecular weight is 750 g/mol. The van der Waals surface area contributed by atoms with Gasteiger partial charge in [-0.1, -0.05) is 0 Å². The monoisotopic (exact) mass is 750 g/mol. The number of aliphatic hydroxyl groups excluding tert-OH is 3. The molecule has 3 heterocycles. The number of rotatable bonds is 14. The number of ether oxygens (including phenoxy) is 5. The number of esters is 2. The largest absolute Gasteiger partial charge is 0.481 e. The highest BCUT2D eigenvalue weighted by Gasteiger charge is 2.53. The van der Waals surface area contributed by atoms with Crippen LogP contribution in [0.3, 0.4) is 0 Å². The molecule has 1 aromatic heterocycles. The maximum absolute atomic E-state index is 13.4. The number of nitrogens with zero attached hydrogens (tertiary/aromatic N) is 1. The van der Waals surface area contributed by atoms with Crippen molar-refractivity contribution in [2.75, 3.05) is 13.2 Å². The van der Waals surface area contributed by atoms with E-state index in [1.54, 1.807) is 0 Å². The zero-order chi connectivity index (χ0) is 37.0. The number of carbonyl (C=O) groups excluding carboxylic acids is 3. The Morgan fingerprint density at radius 1 is 1.04 bits per heavy atom. The SMILES string of the molecule is CC(=O)N[C@@H]1[C@@H](OC(C)C(=O)O[C@H]2[C@@H](OC(=O)[C@H](C)N)[C@H](n3ccc(=O)[nH]c3=O)O[C@@H]2COP(=O)(O)OP(=O)(O)O)[C@H](O)[C@@H](CO)O[C@@H]1O. The number of phosphoric ester groups is 1. The first kappa shape index (κ1) is 40.5. The number of aromatic nitrogens is 2. The van der Waals surface area contributed by atoms with E-state index in [1.807, 2.05) is 4.98 Å². The molecule has 2 fully saturated rings. The molecule has 1 aromatic rings. The maximum atomic E-state index is 13.4. The Kier molecular flexibility index (Phi) is 13.6. The number of hydrogen-bond acceptors (Lipinski definition) is 18. The first-order valence-electron chi connectivity index (χ1n) is 14.1. The van der Waals surface area contributed by atoms with Crippen molar-refractivity contribution < 1.29 is 86.0 Å². The Balaban J connectivity index is 1.98. The predicted octanol–water partition coefficient (Wildman–Crippen LogP) is -4.82. The molecule has 12 atom stereocenters. The van der Waals surface area contributed by atoms with E-state index in [9.17, 15) is 53.3 Å². The molecule has 3 rings (SSSR count). The highest BCUT2D eigenvalue weighted by molar-refractivity contribution is 7.60. The third kappa shape index (κ3) is 10.8. The van der Waals surface area contributed by atoms with Gasteiger partial charge in [-0.05, 0) is 13.8 Å². The van der Waals surface area contributed by atoms with Gasteiger partial charge in [0.25, 0.3) is 5.56 Å². The van der Waals surface area contributed by atoms with Crippen molar-refractivity contribution in [2.24, 2.45) is 5.73 Å². The number of aromatic amines is 1. The molecule has 0 bridgehead atoms. The molecule has 0 aromatic carbocycles. The highest BCUT2D eigenvalue weighted by Crippen LogP contribution is 2.57. The summed E-state index contributed by atoms with van der Waals surface area (Å²) in [7, 11) is -11.1. The fourth-order valence-corrected chi connectivity index (χ4v) is 6.28. The summed E-state index contributed by atoms with van der Waals surface area (Å²) in [5.41, 5.74) is 3.62. The minimum atomic E-state index is -5.59. The summed E-state index contributed by atoms with van der Waals surface area (Å²) in [5, 5.41) is 32.9. The van der Waals surface area contributed by atoms with Gasteiger partial charge in [0.2, 0.25) is 5.91 Å². The van der Waals surface area contributed by atoms with Crippen molar-refractivity contribution in [1.29, 1.82) is 0 Å². The Morgan fingerprint density at radius 2 is 1.67 bits per heavy atom. The minimum absolute atomic E-state index is 0.679. The van der Waals surface area contributed by atoms with Gasteiger partial charge in [-0.25, -0.2) is 18.7 Å². The van der Waals surface area contributed by atoms with Gasteiger partial charge in [0.15, 0.2) is 30.8 Å². The second-order valence-corrected chi connectivity index (χ2v) is 13.5. The van der Waals surface area contributed by atoms with Crippen LogP contribution in [0.4, 0.5) is 0 Å². The number of carbonyl (C=O) groups is 3. The third-order valence-corrected chi connectivity index (χ3v) is 8.99. The van der Waals surface area contributed by atoms with Gasteiger partial charge in [0.05, 0.1) is 13.2 Å². The summed E-state index contributed by atoms with van der Waals surface area (Å²) in [6, 6.07) is -1.93. The molecule has 2 aliphatic rings. The lowest BCUT2D eigenvalue weighted by atomic mass is 9.96. The zero-order valence-electron chi connectivity index (χ0n) is 25.7. The van der Waals surface area contributed by atoms with Crippen LogP contribution >= 0.6 is 15.6 Å². The standard InChI is InChI=1S/C23H36N4O20P2/c1-8(24)20(32)46-18-16(45-21(33)9(2)42-17-14(25-10(3)29)22(34)44-11(6-28)15(17)31)12(7-41-49(39,40)47-48(36,37)38)43-19(18)27-5-4-13(30)26-23(27)35/h4-5,8-9,11-12,14-19,22,28,31,34H,6-7,24H2,1-3H3,(H,25,29)(H,39,40)(H,26,30,35)(H2,36,37,38)/t8-,9?,11+,12+,14+,15+,16+,17+,18+,19+,22-/m0/s1. The number of phosphoric acid groups is 2. The van der Waals surface area contributed by atoms with E-state index in [-0.39, 0.29) is 0 Å². The smallest absolute Gasteiger partial charge is 0.453 e. The molecule has 1 amide bonds. The van der Waals surface area contributed by atoms with E-state index < -0.39 is 125 Å². The van der Waals surface area contributed by atoms with Crippen LogP contribution in [0.1, 0.15) is 27.0 Å². The zero-order valence-corrected chi connectivity index (χ0v) is 27.5. The summed E-state index contributed by atoms with van der Waals surface area (Å²) in [6.07, 6.45) is -14.8. The summed E-state index contributed by atoms with van der Waals surface area (Å²) >= 11 is 0. The van der Waals surface area contributed by atoms with Crippen molar-refractivity contribution in [3.63, 3.8) is 0 Å². The molecule has 2 aliphatic heterocycles. The van der Waals surface area contributed by atoms with Crippen LogP contribution in [0, 0.1) is 0 Å². The third-order valence-electron chi connectivity index (χ3n) is 6.83. The van der Waals surface area contributed by atoms with Crippen molar-refractivity contribution in [3.05, 3.63) is 33.1 Å². The molecule has 2 unspecified atom stereocenters. The van der Waals surface area contributed by atoms with Gasteiger partial charge in [0, 0.05) is 19.2 Å². The first-order valence-corrected chi connectivity index (χ1v) is 17.1. The van der Waals surface area contributed by atoms with E-state index in [1.165, 1.54) is 6.92 Å². The lowest BCUT2D eigenvalue weighted by Crippen LogP contribution is -2.65. The Labute approximate surface area is 274 Å². The van der Waals surface area contributed by atoms with Gasteiger partial charge in [-0.3, -0.25) is 28.5 Å². The summed E-state index contributed by atoms with van der Waals surface area (Å²) in [6.45, 7) is 1.35. The fourth-order valence-electron chi connectivity index (χ4n) is 4.68. The second kappa shape index (κ2) is 16.4. The molecule has 49 heavy (non-hydrogen) atoms. The van der Waals surface area contributed by atoms with Crippen molar-refractivity contribution in [1.82, 2.24) is 14.9 Å². The van der Waals surface area contributed by atoms with Gasteiger partial charge in [0.1, 0.15) is 36.5 Å². The maximum Gasteiger partial charge on any atom is 0.481 e. The molecule has 0 saturated carbocycles. The Morgan fingerprint density at radius 3 is 2.22 bits per heavy atom. The van der Waals surface area contributed by atoms with Crippen molar-refractivity contribution in [3.8, 4) is 0 Å². The van der Waals surface area contributed by atoms with E-state index in [2.05, 4.69) is 14.2 Å². The number of hydrogen-bond donors (Lipinski definition) is 9. The molecule has 24 nitrogen and oxygen atoms in total. The Hall–Kier alpha value is -2.93. The molecule has 0 radical (unpaired) electrons. The van der Waals surface area contributed by atoms with Crippen LogP contribution in [0.2, 0.25) is 0 Å². The van der Waals surface area contributed by atoms with Crippen LogP contribution in [-0.2, 0) is 56.0 Å². The highest BCUT2D eigenvalue weighted by atomic mass is 31.3. The number of nitrogens with one attached hydrogen (secondary N) is 2. The summed E-state index contributed by atoms with van der Waals surface area (Å²) < 4.78 is 59.6. The quantitative estimate of drug-likeness (QED) is 0.0636. The van der Waals surface area contributed by atoms with Crippen LogP contribution < -0.4 is 22.3 Å². The molecular weight excluding hydrogens is 714 g/mol. The van der Waals surface area contributed by atoms with E-state index in [4.69, 9.17) is 39.2 Å². The van der Waals surface area contributed by atoms with Crippen LogP contribution in [-0.4, -0.2) is 132 Å². The first-order chi connectivity index (χ1) is 22.6. The van der Waals surface area contributed by atoms with Gasteiger partial charge >= 0.3 is 33.3 Å². The molecule has 0 spiro atoms. The lowest BCUT2D eigenvalue weighted by Gasteiger charge is -2.43. The van der Waals surface area contributed by atoms with Gasteiger partial charge < -0.3 is 64.7 Å². The Bertz CT molecular complexity index is 1560. The molecule has 2 saturated heterocycles. The minimum Gasteiger partial charge on any atom is -0.453 e. The number of nitrogens with two attached hydrogens (primary N) is 1. The average Bonchev–Trinajstić information content (AvgIpc) is 3.29. The molecule has 10 N–H and O–H groups in total. The van der Waals surface area contributed by atoms with Gasteiger partial charge in [-0.2, -0.15) is 4.31 Å². The normalized spacial score (nSPS) is 31.3. The van der Waals surface area contributed by atoms with E-state index in [0.29, 0.717) is 4.57 Å². The van der Waals surface area contributed by atoms with Crippen LogP contribution in [0.5, 0.6) is 0 Å². The topological polar surface area (TPSA) is 364 Å². The van der Waals surface area contributed by atoms with Crippen molar-refractivity contribution in [2.45, 2.75) is 88.1 Å². The molecule has 0 aliphatic carbocycles. The number of aliphatic hydroxyl groups is 3. The number of amides is 1. The van der Waals surface area contributed by atoms with Crippen LogP contribution in [0.15, 0.2) is 21.9 Å². The summed E-state index contributed by atoms with van der Waals surface area (Å²) in [5.74, 6) is -3.19. The summed E-state index contributed by atoms with van der Waals surface area (Å²) in [4.78, 5) is 91.7. The van der Waals surface area contributed by atoms with Crippen LogP contribution in [0.25, 0.3) is 0 Å². The molecule has 278 valence electrons. The van der Waals surface area contributed by atoms with Crippen molar-refractivity contribution >= 4 is 33.5 Å². The lowest BCUT2D eigenvalue weighted by molar-refractivity contribution is -0.268. The predicted molar refractivity (Wildman–Crippen MR) is 153 cm³/mol. The molecular formula is C23H36N4O20P2. The fraction of sp³-hybridized carbons (Fsp3) is 0.696. The van der Waals surface area contributed by atoms with E-state index in [0.717, 1.165) is 26.1 Å².